The number of nitrogens with one attached hydrogen (secondary N) is 1. The van der Waals surface area contributed by atoms with E-state index in [4.69, 9.17) is 29.3 Å². The van der Waals surface area contributed by atoms with Crippen LogP contribution in [0, 0.1) is 0 Å². The number of anilines is 1. The monoisotopic (exact) mass is 262 g/mol. The molecule has 88 valence electrons. The average molecular weight is 263 g/mol. The zero-order chi connectivity index (χ0) is 13.0. The molecule has 0 radical (unpaired) electrons. The summed E-state index contributed by atoms with van der Waals surface area (Å²) in [5.74, 6) is -0.377. The van der Waals surface area contributed by atoms with E-state index in [9.17, 15) is 4.79 Å². The lowest BCUT2D eigenvalue weighted by atomic mass is 10.2. The highest BCUT2D eigenvalue weighted by Crippen LogP contribution is 2.25. The molecular formula is C11H13Cl2NO2. The second-order valence-electron chi connectivity index (χ2n) is 3.15. The maximum absolute atomic E-state index is 11.4. The molecule has 1 aromatic carbocycles. The van der Waals surface area contributed by atoms with Crippen molar-refractivity contribution in [3.05, 3.63) is 28.2 Å². The van der Waals surface area contributed by atoms with Gasteiger partial charge in [0, 0.05) is 5.69 Å². The minimum atomic E-state index is -0.545. The van der Waals surface area contributed by atoms with Crippen LogP contribution in [0.15, 0.2) is 18.2 Å². The average Bonchev–Trinajstić information content (AvgIpc) is 2.30. The quantitative estimate of drug-likeness (QED) is 0.846. The molecule has 0 heterocycles. The third kappa shape index (κ3) is 3.58. The standard InChI is InChI=1S/C11H13Cl2NO2/c1-3-16-11(15)7(2)14-8-4-5-9(12)10(13)6-8/h4-7,14H,3H2,1-2H3/t7-/m0/s1/i6D. The van der Waals surface area contributed by atoms with Gasteiger partial charge in [-0.2, -0.15) is 0 Å². The smallest absolute Gasteiger partial charge is 0.328 e. The molecule has 0 bridgehead atoms. The van der Waals surface area contributed by atoms with E-state index >= 15 is 0 Å². The Bertz CT molecular complexity index is 426. The number of halogens is 2. The number of esters is 1. The fourth-order valence-corrected chi connectivity index (χ4v) is 1.37. The minimum Gasteiger partial charge on any atom is -0.464 e. The molecular weight excluding hydrogens is 249 g/mol. The van der Waals surface area contributed by atoms with Crippen molar-refractivity contribution in [3.8, 4) is 0 Å². The zero-order valence-electron chi connectivity index (χ0n) is 10.0. The van der Waals surface area contributed by atoms with Gasteiger partial charge in [0.25, 0.3) is 0 Å². The highest BCUT2D eigenvalue weighted by atomic mass is 35.5. The summed E-state index contributed by atoms with van der Waals surface area (Å²) in [4.78, 5) is 11.4. The Morgan fingerprint density at radius 1 is 1.56 bits per heavy atom. The second kappa shape index (κ2) is 5.97. The number of hydrogen-bond donors (Lipinski definition) is 1. The number of benzene rings is 1. The first-order chi connectivity index (χ1) is 7.97. The molecule has 0 aliphatic rings. The lowest BCUT2D eigenvalue weighted by Gasteiger charge is -2.14. The highest BCUT2D eigenvalue weighted by Gasteiger charge is 2.13. The molecule has 0 saturated carbocycles. The molecule has 0 unspecified atom stereocenters. The summed E-state index contributed by atoms with van der Waals surface area (Å²) in [5, 5.41) is 3.33. The van der Waals surface area contributed by atoms with Gasteiger partial charge in [-0.15, -0.1) is 0 Å². The van der Waals surface area contributed by atoms with Crippen LogP contribution < -0.4 is 5.32 Å². The lowest BCUT2D eigenvalue weighted by molar-refractivity contribution is -0.143. The highest BCUT2D eigenvalue weighted by molar-refractivity contribution is 6.42. The third-order valence-electron chi connectivity index (χ3n) is 1.86. The molecule has 3 nitrogen and oxygen atoms in total. The lowest BCUT2D eigenvalue weighted by Crippen LogP contribution is -2.28. The topological polar surface area (TPSA) is 38.3 Å². The van der Waals surface area contributed by atoms with E-state index in [1.54, 1.807) is 26.0 Å². The van der Waals surface area contributed by atoms with Crippen LogP contribution in [0.2, 0.25) is 10.0 Å². The zero-order valence-corrected chi connectivity index (χ0v) is 10.5. The summed E-state index contributed by atoms with van der Waals surface area (Å²) in [6, 6.07) is 2.70. The van der Waals surface area contributed by atoms with Gasteiger partial charge in [-0.05, 0) is 32.0 Å². The van der Waals surface area contributed by atoms with E-state index in [1.807, 2.05) is 0 Å². The Kier molecular flexibility index (Phi) is 4.31. The molecule has 1 rings (SSSR count). The van der Waals surface area contributed by atoms with Crippen molar-refractivity contribution in [3.63, 3.8) is 0 Å². The SMILES string of the molecule is [2H]c1c(N[C@@H](C)C(=O)OCC)ccc(Cl)c1Cl. The summed E-state index contributed by atoms with van der Waals surface area (Å²) in [6.45, 7) is 3.71. The maximum atomic E-state index is 11.4. The Morgan fingerprint density at radius 2 is 2.25 bits per heavy atom. The summed E-state index contributed by atoms with van der Waals surface area (Å²) >= 11 is 11.6. The number of carbonyl (C=O) groups is 1. The van der Waals surface area contributed by atoms with Crippen LogP contribution in [0.25, 0.3) is 0 Å². The summed E-state index contributed by atoms with van der Waals surface area (Å²) in [7, 11) is 0. The third-order valence-corrected chi connectivity index (χ3v) is 2.57. The molecule has 1 aromatic rings. The number of rotatable bonds is 4. The first-order valence-corrected chi connectivity index (χ1v) is 5.60. The van der Waals surface area contributed by atoms with Crippen LogP contribution in [0.4, 0.5) is 5.69 Å². The van der Waals surface area contributed by atoms with Crippen molar-refractivity contribution in [2.45, 2.75) is 19.9 Å². The summed E-state index contributed by atoms with van der Waals surface area (Å²) in [6.07, 6.45) is 0. The molecule has 0 spiro atoms. The van der Waals surface area contributed by atoms with Crippen molar-refractivity contribution in [2.75, 3.05) is 11.9 Å². The van der Waals surface area contributed by atoms with Gasteiger partial charge in [0.2, 0.25) is 0 Å². The molecule has 0 aliphatic carbocycles. The summed E-state index contributed by atoms with van der Waals surface area (Å²) < 4.78 is 12.6. The fourth-order valence-electron chi connectivity index (χ4n) is 1.09. The van der Waals surface area contributed by atoms with Crippen LogP contribution in [-0.2, 0) is 9.53 Å². The maximum Gasteiger partial charge on any atom is 0.328 e. The van der Waals surface area contributed by atoms with Gasteiger partial charge in [0.05, 0.1) is 18.0 Å². The molecule has 0 aromatic heterocycles. The van der Waals surface area contributed by atoms with Crippen molar-refractivity contribution in [2.24, 2.45) is 0 Å². The van der Waals surface area contributed by atoms with Gasteiger partial charge in [-0.1, -0.05) is 23.2 Å². The fraction of sp³-hybridized carbons (Fsp3) is 0.364. The van der Waals surface area contributed by atoms with Crippen molar-refractivity contribution in [1.29, 1.82) is 0 Å². The second-order valence-corrected chi connectivity index (χ2v) is 3.94. The molecule has 0 saturated heterocycles. The molecule has 1 N–H and O–H groups in total. The first kappa shape index (κ1) is 11.6. The molecule has 0 amide bonds. The van der Waals surface area contributed by atoms with E-state index in [0.717, 1.165) is 0 Å². The minimum absolute atomic E-state index is 0.0651. The van der Waals surface area contributed by atoms with Crippen molar-refractivity contribution in [1.82, 2.24) is 0 Å². The Hall–Kier alpha value is -0.930. The number of ether oxygens (including phenoxy) is 1. The van der Waals surface area contributed by atoms with Crippen molar-refractivity contribution >= 4 is 34.9 Å². The predicted molar refractivity (Wildman–Crippen MR) is 66.2 cm³/mol. The van der Waals surface area contributed by atoms with Crippen LogP contribution in [0.1, 0.15) is 15.2 Å². The first-order valence-electron chi connectivity index (χ1n) is 5.35. The van der Waals surface area contributed by atoms with E-state index in [1.165, 1.54) is 0 Å². The Morgan fingerprint density at radius 3 is 2.88 bits per heavy atom. The van der Waals surface area contributed by atoms with Gasteiger partial charge < -0.3 is 10.1 Å². The molecule has 16 heavy (non-hydrogen) atoms. The molecule has 0 aliphatic heterocycles. The predicted octanol–water partition coefficient (Wildman–Crippen LogP) is 3.36. The largest absolute Gasteiger partial charge is 0.464 e. The Labute approximate surface area is 106 Å². The van der Waals surface area contributed by atoms with Crippen LogP contribution in [0.3, 0.4) is 0 Å². The molecule has 0 fully saturated rings. The Balaban J connectivity index is 2.82. The van der Waals surface area contributed by atoms with E-state index in [2.05, 4.69) is 5.32 Å². The van der Waals surface area contributed by atoms with Gasteiger partial charge in [-0.25, -0.2) is 4.79 Å². The number of carbonyl (C=O) groups excluding carboxylic acids is 1. The molecule has 5 heteroatoms. The number of hydrogen-bond acceptors (Lipinski definition) is 3. The van der Waals surface area contributed by atoms with Crippen LogP contribution in [-0.4, -0.2) is 18.6 Å². The van der Waals surface area contributed by atoms with Crippen molar-refractivity contribution < 1.29 is 10.9 Å². The van der Waals surface area contributed by atoms with Gasteiger partial charge >= 0.3 is 5.97 Å². The van der Waals surface area contributed by atoms with E-state index in [-0.39, 0.29) is 17.0 Å². The van der Waals surface area contributed by atoms with Crippen LogP contribution >= 0.6 is 23.2 Å². The molecule has 1 atom stereocenters. The van der Waals surface area contributed by atoms with Gasteiger partial charge in [0.15, 0.2) is 0 Å². The van der Waals surface area contributed by atoms with E-state index < -0.39 is 6.04 Å². The van der Waals surface area contributed by atoms with Gasteiger partial charge in [0.1, 0.15) is 6.04 Å². The van der Waals surface area contributed by atoms with E-state index in [0.29, 0.717) is 17.3 Å². The van der Waals surface area contributed by atoms with Gasteiger partial charge in [-0.3, -0.25) is 0 Å². The summed E-state index contributed by atoms with van der Waals surface area (Å²) in [5.41, 5.74) is 0.444. The normalized spacial score (nSPS) is 12.9. The van der Waals surface area contributed by atoms with Crippen LogP contribution in [0.5, 0.6) is 0 Å².